The van der Waals surface area contributed by atoms with Gasteiger partial charge in [-0.1, -0.05) is 42.5 Å². The lowest BCUT2D eigenvalue weighted by Crippen LogP contribution is -2.62. The number of nitrogens with one attached hydrogen (secondary N) is 1. The molecular weight excluding hydrogens is 532 g/mol. The summed E-state index contributed by atoms with van der Waals surface area (Å²) < 4.78 is 22.0. The summed E-state index contributed by atoms with van der Waals surface area (Å²) in [6.45, 7) is 2.52. The van der Waals surface area contributed by atoms with Crippen molar-refractivity contribution in [1.82, 2.24) is 10.3 Å². The molecule has 1 aliphatic rings. The van der Waals surface area contributed by atoms with Crippen LogP contribution in [0.3, 0.4) is 0 Å². The highest BCUT2D eigenvalue weighted by molar-refractivity contribution is 7.21. The Labute approximate surface area is 233 Å². The van der Waals surface area contributed by atoms with Crippen molar-refractivity contribution in [2.75, 3.05) is 56.6 Å². The highest BCUT2D eigenvalue weighted by Gasteiger charge is 2.27. The number of carbonyl (C=O) groups excluding carboxylic acids is 1. The number of nitrogens with two attached hydrogens (primary N) is 1. The van der Waals surface area contributed by atoms with Gasteiger partial charge in [-0.3, -0.25) is 14.6 Å². The van der Waals surface area contributed by atoms with Crippen LogP contribution in [0.5, 0.6) is 11.5 Å². The standard InChI is InChI=1S/C28H26N6O5S/c1-36-21-10-6-9-18(25(21)37-2)19-15-20(17-7-4-3-5-8-17)30-28-23(19)24(29)26(40-28)27(35)31-22-16-34(32-39-22)33-11-13-38-14-12-33/h3-10,15-16H,11-14H2,1-2H3,(H2-,29,31,32,35)/p+1. The first-order valence-corrected chi connectivity index (χ1v) is 13.4. The van der Waals surface area contributed by atoms with Crippen molar-refractivity contribution >= 4 is 39.0 Å². The van der Waals surface area contributed by atoms with Crippen molar-refractivity contribution in [3.8, 4) is 33.9 Å². The summed E-state index contributed by atoms with van der Waals surface area (Å²) in [5.74, 6) is 0.913. The highest BCUT2D eigenvalue weighted by Crippen LogP contribution is 2.46. The van der Waals surface area contributed by atoms with Crippen molar-refractivity contribution in [2.24, 2.45) is 0 Å². The number of para-hydroxylation sites is 1. The van der Waals surface area contributed by atoms with Crippen LogP contribution in [0.15, 0.2) is 65.3 Å². The molecule has 4 heterocycles. The predicted octanol–water partition coefficient (Wildman–Crippen LogP) is 3.73. The molecule has 0 aliphatic carbocycles. The number of nitrogens with zero attached hydrogens (tertiary/aromatic N) is 4. The van der Waals surface area contributed by atoms with Gasteiger partial charge >= 0.3 is 5.88 Å². The smallest absolute Gasteiger partial charge is 0.306 e. The highest BCUT2D eigenvalue weighted by atomic mass is 32.1. The number of rotatable bonds is 7. The first-order valence-electron chi connectivity index (χ1n) is 12.6. The topological polar surface area (TPSA) is 129 Å². The Hall–Kier alpha value is -4.68. The SMILES string of the molecule is COc1cccc(-c2cc(-c3ccccc3)nc3sc(C(=O)Nc4c[n+](N5CCOCC5)no4)c(N)c23)c1OC. The van der Waals surface area contributed by atoms with E-state index in [0.29, 0.717) is 58.6 Å². The number of methoxy groups -OCH3 is 2. The van der Waals surface area contributed by atoms with Crippen LogP contribution >= 0.6 is 11.3 Å². The quantitative estimate of drug-likeness (QED) is 0.287. The van der Waals surface area contributed by atoms with Crippen LogP contribution in [0, 0.1) is 0 Å². The van der Waals surface area contributed by atoms with Gasteiger partial charge in [0.05, 0.1) is 56.7 Å². The summed E-state index contributed by atoms with van der Waals surface area (Å²) in [4.78, 5) is 20.8. The van der Waals surface area contributed by atoms with Gasteiger partial charge in [0.15, 0.2) is 11.5 Å². The summed E-state index contributed by atoms with van der Waals surface area (Å²) in [6, 6.07) is 17.4. The van der Waals surface area contributed by atoms with E-state index >= 15 is 0 Å². The minimum atomic E-state index is -0.421. The fourth-order valence-electron chi connectivity index (χ4n) is 4.71. The van der Waals surface area contributed by atoms with Crippen LogP contribution in [0.4, 0.5) is 11.6 Å². The summed E-state index contributed by atoms with van der Waals surface area (Å²) in [6.07, 6.45) is 1.62. The summed E-state index contributed by atoms with van der Waals surface area (Å²) in [7, 11) is 3.18. The molecular formula is C28H27N6O5S+. The van der Waals surface area contributed by atoms with E-state index in [1.54, 1.807) is 25.2 Å². The van der Waals surface area contributed by atoms with Crippen LogP contribution < -0.4 is 30.3 Å². The van der Waals surface area contributed by atoms with E-state index < -0.39 is 5.91 Å². The van der Waals surface area contributed by atoms with Gasteiger partial charge in [-0.15, -0.1) is 16.3 Å². The molecule has 2 aromatic carbocycles. The molecule has 1 amide bonds. The average molecular weight is 560 g/mol. The number of morpholine rings is 1. The van der Waals surface area contributed by atoms with Crippen molar-refractivity contribution in [1.29, 1.82) is 0 Å². The molecule has 1 saturated heterocycles. The zero-order valence-corrected chi connectivity index (χ0v) is 22.7. The number of anilines is 2. The van der Waals surface area contributed by atoms with E-state index in [1.807, 2.05) is 59.6 Å². The number of carbonyl (C=O) groups is 1. The fraction of sp³-hybridized carbons (Fsp3) is 0.214. The van der Waals surface area contributed by atoms with Crippen LogP contribution in [-0.2, 0) is 4.74 Å². The molecule has 0 radical (unpaired) electrons. The molecule has 0 saturated carbocycles. The molecule has 12 heteroatoms. The Morgan fingerprint density at radius 3 is 2.62 bits per heavy atom. The lowest BCUT2D eigenvalue weighted by atomic mass is 9.98. The van der Waals surface area contributed by atoms with E-state index in [1.165, 1.54) is 11.3 Å². The number of benzene rings is 2. The Morgan fingerprint density at radius 1 is 1.07 bits per heavy atom. The van der Waals surface area contributed by atoms with E-state index in [9.17, 15) is 4.79 Å². The van der Waals surface area contributed by atoms with Crippen molar-refractivity contribution in [2.45, 2.75) is 0 Å². The third-order valence-corrected chi connectivity index (χ3v) is 7.74. The van der Waals surface area contributed by atoms with Crippen LogP contribution in [0.2, 0.25) is 0 Å². The molecule has 0 unspecified atom stereocenters. The molecule has 5 aromatic rings. The maximum Gasteiger partial charge on any atom is 0.306 e. The number of hydrogen-bond acceptors (Lipinski definition) is 10. The summed E-state index contributed by atoms with van der Waals surface area (Å²) in [5.41, 5.74) is 10.2. The minimum Gasteiger partial charge on any atom is -0.493 e. The van der Waals surface area contributed by atoms with Gasteiger partial charge in [-0.25, -0.2) is 4.98 Å². The maximum absolute atomic E-state index is 13.4. The number of hydrogen-bond donors (Lipinski definition) is 2. The Bertz CT molecular complexity index is 1680. The summed E-state index contributed by atoms with van der Waals surface area (Å²) in [5, 5.41) is 9.41. The van der Waals surface area contributed by atoms with E-state index in [4.69, 9.17) is 29.5 Å². The van der Waals surface area contributed by atoms with Gasteiger partial charge in [0, 0.05) is 22.1 Å². The Kier molecular flexibility index (Phi) is 6.93. The number of aromatic nitrogens is 3. The zero-order valence-electron chi connectivity index (χ0n) is 21.9. The molecule has 3 aromatic heterocycles. The van der Waals surface area contributed by atoms with Crippen LogP contribution in [-0.4, -0.2) is 56.7 Å². The van der Waals surface area contributed by atoms with E-state index in [2.05, 4.69) is 10.6 Å². The number of thiophene rings is 1. The molecule has 0 bridgehead atoms. The number of pyridine rings is 1. The average Bonchev–Trinajstić information content (AvgIpc) is 3.61. The van der Waals surface area contributed by atoms with Gasteiger partial charge in [-0.2, -0.15) is 0 Å². The maximum atomic E-state index is 13.4. The van der Waals surface area contributed by atoms with Gasteiger partial charge in [-0.05, 0) is 12.1 Å². The van der Waals surface area contributed by atoms with Crippen molar-refractivity contribution in [3.05, 3.63) is 65.7 Å². The van der Waals surface area contributed by atoms with Gasteiger partial charge in [0.2, 0.25) is 5.27 Å². The second-order valence-electron chi connectivity index (χ2n) is 8.99. The molecule has 0 atom stereocenters. The molecule has 0 spiro atoms. The van der Waals surface area contributed by atoms with Crippen LogP contribution in [0.25, 0.3) is 32.6 Å². The Morgan fingerprint density at radius 2 is 1.88 bits per heavy atom. The molecule has 1 fully saturated rings. The number of fused-ring (bicyclic) bond motifs is 1. The third-order valence-electron chi connectivity index (χ3n) is 6.64. The zero-order chi connectivity index (χ0) is 27.6. The molecule has 1 aliphatic heterocycles. The monoisotopic (exact) mass is 559 g/mol. The Balaban J connectivity index is 1.44. The fourth-order valence-corrected chi connectivity index (χ4v) is 5.73. The number of amides is 1. The third kappa shape index (κ3) is 4.67. The first kappa shape index (κ1) is 25.6. The van der Waals surface area contributed by atoms with Crippen LogP contribution in [0.1, 0.15) is 9.67 Å². The molecule has 40 heavy (non-hydrogen) atoms. The lowest BCUT2D eigenvalue weighted by Gasteiger charge is -2.18. The molecule has 11 nitrogen and oxygen atoms in total. The molecule has 3 N–H and O–H groups in total. The van der Waals surface area contributed by atoms with E-state index in [0.717, 1.165) is 22.4 Å². The lowest BCUT2D eigenvalue weighted by molar-refractivity contribution is -0.759. The van der Waals surface area contributed by atoms with Gasteiger partial charge in [0.1, 0.15) is 9.71 Å². The number of ether oxygens (including phenoxy) is 3. The van der Waals surface area contributed by atoms with Crippen molar-refractivity contribution in [3.63, 3.8) is 0 Å². The minimum absolute atomic E-state index is 0.195. The second kappa shape index (κ2) is 10.8. The second-order valence-corrected chi connectivity index (χ2v) is 9.99. The van der Waals surface area contributed by atoms with Gasteiger partial charge in [0.25, 0.3) is 12.1 Å². The largest absolute Gasteiger partial charge is 0.493 e. The summed E-state index contributed by atoms with van der Waals surface area (Å²) >= 11 is 1.21. The van der Waals surface area contributed by atoms with E-state index in [-0.39, 0.29) is 5.88 Å². The normalized spacial score (nSPS) is 13.4. The molecule has 204 valence electrons. The van der Waals surface area contributed by atoms with Gasteiger partial charge < -0.3 is 19.9 Å². The molecule has 6 rings (SSSR count). The van der Waals surface area contributed by atoms with Crippen molar-refractivity contribution < 1.29 is 28.3 Å². The first-order chi connectivity index (χ1) is 19.6. The number of nitrogen functional groups attached to an aromatic ring is 1. The predicted molar refractivity (Wildman–Crippen MR) is 151 cm³/mol.